The first-order valence-electron chi connectivity index (χ1n) is 9.21. The molecule has 1 saturated heterocycles. The summed E-state index contributed by atoms with van der Waals surface area (Å²) in [5.74, 6) is -0.931. The van der Waals surface area contributed by atoms with Gasteiger partial charge >= 0.3 is 6.03 Å². The molecule has 0 bridgehead atoms. The third-order valence-electron chi connectivity index (χ3n) is 4.88. The molecule has 144 valence electrons. The van der Waals surface area contributed by atoms with E-state index in [0.717, 1.165) is 4.90 Å². The summed E-state index contributed by atoms with van der Waals surface area (Å²) in [5, 5.41) is 5.53. The number of amides is 4. The van der Waals surface area contributed by atoms with Crippen molar-refractivity contribution < 1.29 is 14.4 Å². The van der Waals surface area contributed by atoms with Gasteiger partial charge in [-0.3, -0.25) is 14.5 Å². The highest BCUT2D eigenvalue weighted by Crippen LogP contribution is 2.35. The van der Waals surface area contributed by atoms with Crippen LogP contribution in [0.1, 0.15) is 11.1 Å². The minimum atomic E-state index is -1.37. The van der Waals surface area contributed by atoms with Gasteiger partial charge in [0.1, 0.15) is 6.54 Å². The zero-order chi connectivity index (χ0) is 20.3. The van der Waals surface area contributed by atoms with E-state index in [-0.39, 0.29) is 6.54 Å². The molecule has 6 nitrogen and oxygen atoms in total. The molecule has 4 amide bonds. The number of nitrogens with zero attached hydrogens (tertiary/aromatic N) is 1. The van der Waals surface area contributed by atoms with Gasteiger partial charge in [-0.05, 0) is 23.3 Å². The lowest BCUT2D eigenvalue weighted by atomic mass is 9.82. The molecule has 1 fully saturated rings. The first kappa shape index (κ1) is 18.4. The highest BCUT2D eigenvalue weighted by atomic mass is 16.2. The van der Waals surface area contributed by atoms with Crippen LogP contribution in [-0.4, -0.2) is 29.3 Å². The normalized spacial score (nSPS) is 15.1. The zero-order valence-electron chi connectivity index (χ0n) is 15.5. The van der Waals surface area contributed by atoms with Crippen molar-refractivity contribution >= 4 is 23.5 Å². The quantitative estimate of drug-likeness (QED) is 0.663. The monoisotopic (exact) mass is 385 g/mol. The molecule has 0 atom stereocenters. The minimum absolute atomic E-state index is 0.374. The molecular formula is C23H19N3O3. The van der Waals surface area contributed by atoms with E-state index in [1.807, 2.05) is 42.5 Å². The van der Waals surface area contributed by atoms with Crippen LogP contribution in [0.3, 0.4) is 0 Å². The molecule has 0 unspecified atom stereocenters. The third kappa shape index (κ3) is 3.36. The van der Waals surface area contributed by atoms with Gasteiger partial charge in [-0.25, -0.2) is 4.79 Å². The summed E-state index contributed by atoms with van der Waals surface area (Å²) in [5.41, 5.74) is 0.500. The number of benzene rings is 3. The van der Waals surface area contributed by atoms with Gasteiger partial charge in [0, 0.05) is 5.69 Å². The zero-order valence-corrected chi connectivity index (χ0v) is 15.5. The third-order valence-corrected chi connectivity index (χ3v) is 4.88. The van der Waals surface area contributed by atoms with E-state index < -0.39 is 23.4 Å². The number of nitrogens with one attached hydrogen (secondary N) is 2. The summed E-state index contributed by atoms with van der Waals surface area (Å²) in [6.45, 7) is -0.374. The second-order valence-electron chi connectivity index (χ2n) is 6.72. The number of rotatable bonds is 5. The van der Waals surface area contributed by atoms with Gasteiger partial charge in [0.15, 0.2) is 5.54 Å². The van der Waals surface area contributed by atoms with Gasteiger partial charge in [-0.2, -0.15) is 0 Å². The fourth-order valence-corrected chi connectivity index (χ4v) is 3.52. The first-order valence-corrected chi connectivity index (χ1v) is 9.21. The van der Waals surface area contributed by atoms with Gasteiger partial charge in [0.2, 0.25) is 5.91 Å². The van der Waals surface area contributed by atoms with E-state index in [0.29, 0.717) is 16.8 Å². The molecule has 3 aromatic carbocycles. The second-order valence-corrected chi connectivity index (χ2v) is 6.72. The van der Waals surface area contributed by atoms with Crippen LogP contribution >= 0.6 is 0 Å². The summed E-state index contributed by atoms with van der Waals surface area (Å²) < 4.78 is 0. The Balaban J connectivity index is 1.66. The highest BCUT2D eigenvalue weighted by molar-refractivity contribution is 6.12. The Hall–Kier alpha value is -3.93. The molecule has 0 spiro atoms. The highest BCUT2D eigenvalue weighted by Gasteiger charge is 2.54. The maximum Gasteiger partial charge on any atom is 0.326 e. The van der Waals surface area contributed by atoms with Gasteiger partial charge < -0.3 is 10.6 Å². The number of hydrogen-bond donors (Lipinski definition) is 2. The molecule has 29 heavy (non-hydrogen) atoms. The maximum absolute atomic E-state index is 13.5. The van der Waals surface area contributed by atoms with E-state index >= 15 is 0 Å². The van der Waals surface area contributed by atoms with Crippen LogP contribution in [-0.2, 0) is 15.1 Å². The largest absolute Gasteiger partial charge is 0.326 e. The molecule has 0 saturated carbocycles. The predicted molar refractivity (Wildman–Crippen MR) is 109 cm³/mol. The van der Waals surface area contributed by atoms with E-state index in [2.05, 4.69) is 10.6 Å². The number of anilines is 1. The van der Waals surface area contributed by atoms with Gasteiger partial charge in [0.25, 0.3) is 5.91 Å². The molecule has 0 aliphatic carbocycles. The molecular weight excluding hydrogens is 366 g/mol. The lowest BCUT2D eigenvalue weighted by Gasteiger charge is -2.28. The standard InChI is InChI=1S/C23H19N3O3/c27-20(24-19-14-8-3-9-15-19)16-26-21(28)23(25-22(26)29,17-10-4-1-5-11-17)18-12-6-2-7-13-18/h1-15H,16H2,(H,24,27)(H,25,29). The van der Waals surface area contributed by atoms with E-state index in [1.165, 1.54) is 0 Å². The average molecular weight is 385 g/mol. The van der Waals surface area contributed by atoms with Crippen molar-refractivity contribution in [1.82, 2.24) is 10.2 Å². The number of carbonyl (C=O) groups excluding carboxylic acids is 3. The smallest absolute Gasteiger partial charge is 0.325 e. The summed E-state index contributed by atoms with van der Waals surface area (Å²) in [7, 11) is 0. The molecule has 4 rings (SSSR count). The van der Waals surface area contributed by atoms with Crippen molar-refractivity contribution in [2.24, 2.45) is 0 Å². The Labute approximate surface area is 168 Å². The maximum atomic E-state index is 13.5. The van der Waals surface area contributed by atoms with Crippen molar-refractivity contribution in [3.05, 3.63) is 102 Å². The SMILES string of the molecule is O=C(CN1C(=O)NC(c2ccccc2)(c2ccccc2)C1=O)Nc1ccccc1. The van der Waals surface area contributed by atoms with Crippen LogP contribution in [0.15, 0.2) is 91.0 Å². The fraction of sp³-hybridized carbons (Fsp3) is 0.0870. The number of para-hydroxylation sites is 1. The Morgan fingerprint density at radius 2 is 1.28 bits per heavy atom. The van der Waals surface area contributed by atoms with Crippen LogP contribution in [0.5, 0.6) is 0 Å². The van der Waals surface area contributed by atoms with Crippen LogP contribution in [0, 0.1) is 0 Å². The van der Waals surface area contributed by atoms with Crippen LogP contribution in [0.4, 0.5) is 10.5 Å². The Kier molecular flexibility index (Phi) is 4.83. The van der Waals surface area contributed by atoms with E-state index in [4.69, 9.17) is 0 Å². The molecule has 0 aromatic heterocycles. The van der Waals surface area contributed by atoms with Crippen molar-refractivity contribution in [3.63, 3.8) is 0 Å². The van der Waals surface area contributed by atoms with Crippen LogP contribution in [0.25, 0.3) is 0 Å². The van der Waals surface area contributed by atoms with E-state index in [9.17, 15) is 14.4 Å². The van der Waals surface area contributed by atoms with Crippen molar-refractivity contribution in [2.45, 2.75) is 5.54 Å². The number of urea groups is 1. The lowest BCUT2D eigenvalue weighted by Crippen LogP contribution is -2.45. The van der Waals surface area contributed by atoms with Crippen molar-refractivity contribution in [1.29, 1.82) is 0 Å². The molecule has 6 heteroatoms. The fourth-order valence-electron chi connectivity index (χ4n) is 3.52. The first-order chi connectivity index (χ1) is 14.1. The van der Waals surface area contributed by atoms with Crippen molar-refractivity contribution in [2.75, 3.05) is 11.9 Å². The topological polar surface area (TPSA) is 78.5 Å². The second kappa shape index (κ2) is 7.59. The Morgan fingerprint density at radius 1 is 0.793 bits per heavy atom. The number of carbonyl (C=O) groups is 3. The summed E-state index contributed by atoms with van der Waals surface area (Å²) >= 11 is 0. The molecule has 1 aliphatic rings. The van der Waals surface area contributed by atoms with Crippen molar-refractivity contribution in [3.8, 4) is 0 Å². The van der Waals surface area contributed by atoms with Gasteiger partial charge in [-0.15, -0.1) is 0 Å². The molecule has 0 radical (unpaired) electrons. The summed E-state index contributed by atoms with van der Waals surface area (Å²) in [6.07, 6.45) is 0. The minimum Gasteiger partial charge on any atom is -0.325 e. The molecule has 1 heterocycles. The molecule has 2 N–H and O–H groups in total. The van der Waals surface area contributed by atoms with E-state index in [1.54, 1.807) is 48.5 Å². The Morgan fingerprint density at radius 3 is 1.79 bits per heavy atom. The molecule has 1 aliphatic heterocycles. The predicted octanol–water partition coefficient (Wildman–Crippen LogP) is 3.12. The molecule has 3 aromatic rings. The number of hydrogen-bond acceptors (Lipinski definition) is 3. The van der Waals surface area contributed by atoms with Crippen LogP contribution < -0.4 is 10.6 Å². The van der Waals surface area contributed by atoms with Gasteiger partial charge in [0.05, 0.1) is 0 Å². The average Bonchev–Trinajstić information content (AvgIpc) is 3.01. The Bertz CT molecular complexity index is 997. The lowest BCUT2D eigenvalue weighted by molar-refractivity contribution is -0.133. The van der Waals surface area contributed by atoms with Gasteiger partial charge in [-0.1, -0.05) is 78.9 Å². The summed E-state index contributed by atoms with van der Waals surface area (Å²) in [4.78, 5) is 39.7. The van der Waals surface area contributed by atoms with Crippen LogP contribution in [0.2, 0.25) is 0 Å². The summed E-state index contributed by atoms with van der Waals surface area (Å²) in [6, 6.07) is 26.4. The number of imide groups is 1.